The van der Waals surface area contributed by atoms with Crippen molar-refractivity contribution in [2.45, 2.75) is 20.0 Å². The van der Waals surface area contributed by atoms with Crippen molar-refractivity contribution in [3.8, 4) is 5.88 Å². The highest BCUT2D eigenvalue weighted by Crippen LogP contribution is 2.10. The molecule has 0 fully saturated rings. The molecule has 1 rings (SSSR count). The number of aromatic nitrogens is 1. The van der Waals surface area contributed by atoms with Crippen molar-refractivity contribution >= 4 is 11.9 Å². The van der Waals surface area contributed by atoms with Gasteiger partial charge in [-0.3, -0.25) is 9.59 Å². The van der Waals surface area contributed by atoms with Crippen LogP contribution in [0.5, 0.6) is 5.88 Å². The van der Waals surface area contributed by atoms with E-state index in [9.17, 15) is 9.59 Å². The van der Waals surface area contributed by atoms with Gasteiger partial charge in [0.25, 0.3) is 5.91 Å². The molecule has 0 aliphatic carbocycles. The molecule has 0 bridgehead atoms. The third-order valence-corrected chi connectivity index (χ3v) is 2.06. The number of carbonyl (C=O) groups excluding carboxylic acids is 1. The van der Waals surface area contributed by atoms with Crippen LogP contribution >= 0.6 is 0 Å². The predicted molar refractivity (Wildman–Crippen MR) is 64.6 cm³/mol. The molecule has 1 amide bonds. The highest BCUT2D eigenvalue weighted by molar-refractivity contribution is 5.95. The largest absolute Gasteiger partial charge is 0.480 e. The van der Waals surface area contributed by atoms with E-state index in [4.69, 9.17) is 9.84 Å². The lowest BCUT2D eigenvalue weighted by molar-refractivity contribution is -0.137. The summed E-state index contributed by atoms with van der Waals surface area (Å²) in [5, 5.41) is 8.59. The number of nitrogens with zero attached hydrogens (tertiary/aromatic N) is 2. The summed E-state index contributed by atoms with van der Waals surface area (Å²) in [5.74, 6) is -1.01. The molecule has 1 heterocycles. The van der Waals surface area contributed by atoms with E-state index in [0.29, 0.717) is 11.4 Å². The molecule has 0 unspecified atom stereocenters. The number of hydrogen-bond acceptors (Lipinski definition) is 4. The molecular formula is C12H16N2O4. The van der Waals surface area contributed by atoms with Gasteiger partial charge in [-0.25, -0.2) is 4.98 Å². The number of pyridine rings is 1. The van der Waals surface area contributed by atoms with Crippen LogP contribution in [-0.2, 0) is 4.79 Å². The first kappa shape index (κ1) is 14.0. The SMILES string of the molecule is CC(C)Oc1ccc(C(=O)N(C)CC(=O)O)cn1. The second kappa shape index (κ2) is 6.00. The molecule has 6 nitrogen and oxygen atoms in total. The Labute approximate surface area is 105 Å². The van der Waals surface area contributed by atoms with Gasteiger partial charge in [-0.1, -0.05) is 0 Å². The van der Waals surface area contributed by atoms with Gasteiger partial charge in [-0.2, -0.15) is 0 Å². The maximum Gasteiger partial charge on any atom is 0.323 e. The average molecular weight is 252 g/mol. The van der Waals surface area contributed by atoms with E-state index in [1.54, 1.807) is 12.1 Å². The Morgan fingerprint density at radius 3 is 2.56 bits per heavy atom. The molecule has 0 aliphatic rings. The van der Waals surface area contributed by atoms with Crippen molar-refractivity contribution < 1.29 is 19.4 Å². The highest BCUT2D eigenvalue weighted by Gasteiger charge is 2.14. The minimum atomic E-state index is -1.06. The Kier molecular flexibility index (Phi) is 4.65. The van der Waals surface area contributed by atoms with Crippen LogP contribution in [0.15, 0.2) is 18.3 Å². The molecular weight excluding hydrogens is 236 g/mol. The van der Waals surface area contributed by atoms with Crippen molar-refractivity contribution in [1.29, 1.82) is 0 Å². The first-order valence-corrected chi connectivity index (χ1v) is 5.50. The number of likely N-dealkylation sites (N-methyl/N-ethyl adjacent to an activating group) is 1. The number of ether oxygens (including phenoxy) is 1. The van der Waals surface area contributed by atoms with Crippen LogP contribution in [0.1, 0.15) is 24.2 Å². The number of carboxylic acids is 1. The van der Waals surface area contributed by atoms with Crippen molar-refractivity contribution in [3.05, 3.63) is 23.9 Å². The maximum atomic E-state index is 11.8. The van der Waals surface area contributed by atoms with Gasteiger partial charge in [0.1, 0.15) is 6.54 Å². The Morgan fingerprint density at radius 1 is 1.44 bits per heavy atom. The molecule has 6 heteroatoms. The van der Waals surface area contributed by atoms with Gasteiger partial charge in [0.2, 0.25) is 5.88 Å². The molecule has 0 saturated heterocycles. The number of carboxylic acid groups (broad SMARTS) is 1. The quantitative estimate of drug-likeness (QED) is 0.846. The zero-order valence-electron chi connectivity index (χ0n) is 10.6. The minimum Gasteiger partial charge on any atom is -0.480 e. The van der Waals surface area contributed by atoms with Crippen LogP contribution in [0, 0.1) is 0 Å². The minimum absolute atomic E-state index is 0.00809. The van der Waals surface area contributed by atoms with Crippen LogP contribution in [0.3, 0.4) is 0 Å². The smallest absolute Gasteiger partial charge is 0.323 e. The second-order valence-electron chi connectivity index (χ2n) is 4.11. The molecule has 0 aromatic carbocycles. The van der Waals surface area contributed by atoms with Gasteiger partial charge < -0.3 is 14.7 Å². The first-order chi connectivity index (χ1) is 8.40. The zero-order chi connectivity index (χ0) is 13.7. The van der Waals surface area contributed by atoms with Gasteiger partial charge in [0.05, 0.1) is 11.7 Å². The Bertz CT molecular complexity index is 428. The van der Waals surface area contributed by atoms with Gasteiger partial charge in [0, 0.05) is 19.3 Å². The van der Waals surface area contributed by atoms with Gasteiger partial charge in [0.15, 0.2) is 0 Å². The third-order valence-electron chi connectivity index (χ3n) is 2.06. The number of amides is 1. The lowest BCUT2D eigenvalue weighted by Gasteiger charge is -2.14. The Hall–Kier alpha value is -2.11. The van der Waals surface area contributed by atoms with Gasteiger partial charge in [-0.15, -0.1) is 0 Å². The van der Waals surface area contributed by atoms with E-state index in [1.165, 1.54) is 13.2 Å². The topological polar surface area (TPSA) is 79.7 Å². The molecule has 0 radical (unpaired) electrons. The molecule has 0 saturated carbocycles. The summed E-state index contributed by atoms with van der Waals surface area (Å²) in [5.41, 5.74) is 0.329. The number of rotatable bonds is 5. The average Bonchev–Trinajstić information content (AvgIpc) is 2.27. The lowest BCUT2D eigenvalue weighted by atomic mass is 10.2. The molecule has 1 N–H and O–H groups in total. The maximum absolute atomic E-state index is 11.8. The fourth-order valence-corrected chi connectivity index (χ4v) is 1.31. The van der Waals surface area contributed by atoms with E-state index >= 15 is 0 Å². The van der Waals surface area contributed by atoms with Crippen LogP contribution in [0.4, 0.5) is 0 Å². The van der Waals surface area contributed by atoms with Crippen molar-refractivity contribution in [2.75, 3.05) is 13.6 Å². The number of hydrogen-bond donors (Lipinski definition) is 1. The summed E-state index contributed by atoms with van der Waals surface area (Å²) < 4.78 is 5.34. The normalized spacial score (nSPS) is 10.2. The molecule has 0 spiro atoms. The summed E-state index contributed by atoms with van der Waals surface area (Å²) in [6.07, 6.45) is 1.38. The second-order valence-corrected chi connectivity index (χ2v) is 4.11. The Balaban J connectivity index is 2.72. The zero-order valence-corrected chi connectivity index (χ0v) is 10.6. The summed E-state index contributed by atoms with van der Waals surface area (Å²) in [6, 6.07) is 3.15. The van der Waals surface area contributed by atoms with Gasteiger partial charge in [-0.05, 0) is 19.9 Å². The summed E-state index contributed by atoms with van der Waals surface area (Å²) in [7, 11) is 1.43. The van der Waals surface area contributed by atoms with E-state index < -0.39 is 5.97 Å². The molecule has 1 aromatic heterocycles. The van der Waals surface area contributed by atoms with Crippen LogP contribution < -0.4 is 4.74 Å². The first-order valence-electron chi connectivity index (χ1n) is 5.50. The third kappa shape index (κ3) is 4.04. The van der Waals surface area contributed by atoms with Crippen LogP contribution in [0.2, 0.25) is 0 Å². The van der Waals surface area contributed by atoms with Crippen molar-refractivity contribution in [1.82, 2.24) is 9.88 Å². The Morgan fingerprint density at radius 2 is 2.11 bits per heavy atom. The molecule has 0 atom stereocenters. The van der Waals surface area contributed by atoms with E-state index in [0.717, 1.165) is 4.90 Å². The number of aliphatic carboxylic acids is 1. The fourth-order valence-electron chi connectivity index (χ4n) is 1.31. The fraction of sp³-hybridized carbons (Fsp3) is 0.417. The standard InChI is InChI=1S/C12H16N2O4/c1-8(2)18-10-5-4-9(6-13-10)12(17)14(3)7-11(15)16/h4-6,8H,7H2,1-3H3,(H,15,16). The molecule has 0 aliphatic heterocycles. The van der Waals surface area contributed by atoms with Crippen molar-refractivity contribution in [2.24, 2.45) is 0 Å². The number of carbonyl (C=O) groups is 2. The predicted octanol–water partition coefficient (Wildman–Crippen LogP) is 1.03. The molecule has 18 heavy (non-hydrogen) atoms. The summed E-state index contributed by atoms with van der Waals surface area (Å²) >= 11 is 0. The van der Waals surface area contributed by atoms with E-state index in [1.807, 2.05) is 13.8 Å². The highest BCUT2D eigenvalue weighted by atomic mass is 16.5. The van der Waals surface area contributed by atoms with Gasteiger partial charge >= 0.3 is 5.97 Å². The molecule has 1 aromatic rings. The summed E-state index contributed by atoms with van der Waals surface area (Å²) in [4.78, 5) is 27.4. The monoisotopic (exact) mass is 252 g/mol. The van der Waals surface area contributed by atoms with E-state index in [-0.39, 0.29) is 18.6 Å². The lowest BCUT2D eigenvalue weighted by Crippen LogP contribution is -2.31. The molecule has 98 valence electrons. The van der Waals surface area contributed by atoms with Crippen LogP contribution in [-0.4, -0.2) is 46.6 Å². The van der Waals surface area contributed by atoms with Crippen molar-refractivity contribution in [3.63, 3.8) is 0 Å². The van der Waals surface area contributed by atoms with E-state index in [2.05, 4.69) is 4.98 Å². The van der Waals surface area contributed by atoms with Crippen LogP contribution in [0.25, 0.3) is 0 Å². The summed E-state index contributed by atoms with van der Waals surface area (Å²) in [6.45, 7) is 3.41.